The number of aromatic nitrogens is 4. The minimum Gasteiger partial charge on any atom is -0.307 e. The topological polar surface area (TPSA) is 43.5 Å². The molecule has 0 fully saturated rings. The van der Waals surface area contributed by atoms with Crippen molar-refractivity contribution in [1.29, 1.82) is 5.26 Å². The van der Waals surface area contributed by atoms with E-state index in [1.54, 1.807) is 12.1 Å². The molecule has 11 aromatic carbocycles. The van der Waals surface area contributed by atoms with Gasteiger partial charge in [0.2, 0.25) is 0 Å². The third-order valence-corrected chi connectivity index (χ3v) is 15.8. The van der Waals surface area contributed by atoms with E-state index in [-0.39, 0.29) is 5.56 Å². The molecule has 4 heterocycles. The van der Waals surface area contributed by atoms with Crippen LogP contribution in [0.4, 0.5) is 26.3 Å². The third kappa shape index (κ3) is 6.78. The molecule has 80 heavy (non-hydrogen) atoms. The summed E-state index contributed by atoms with van der Waals surface area (Å²) < 4.78 is 98.4. The Labute approximate surface area is 451 Å². The van der Waals surface area contributed by atoms with Gasteiger partial charge in [0.1, 0.15) is 6.07 Å². The van der Waals surface area contributed by atoms with Crippen LogP contribution in [0.1, 0.15) is 16.7 Å². The summed E-state index contributed by atoms with van der Waals surface area (Å²) in [5, 5.41) is 17.7. The predicted octanol–water partition coefficient (Wildman–Crippen LogP) is 19.3. The molecule has 0 amide bonds. The maximum atomic E-state index is 15.0. The van der Waals surface area contributed by atoms with E-state index in [4.69, 9.17) is 0 Å². The van der Waals surface area contributed by atoms with E-state index in [1.165, 1.54) is 24.3 Å². The van der Waals surface area contributed by atoms with Gasteiger partial charge in [0.05, 0.1) is 77.9 Å². The first-order valence-electron chi connectivity index (χ1n) is 26.0. The van der Waals surface area contributed by atoms with Crippen LogP contribution >= 0.6 is 0 Å². The van der Waals surface area contributed by atoms with Crippen molar-refractivity contribution < 1.29 is 26.3 Å². The van der Waals surface area contributed by atoms with Crippen molar-refractivity contribution in [1.82, 2.24) is 18.3 Å². The fourth-order valence-corrected chi connectivity index (χ4v) is 12.6. The molecular formula is C69H39F6N5. The fraction of sp³-hybridized carbons (Fsp3) is 0.0290. The number of hydrogen-bond acceptors (Lipinski definition) is 1. The Morgan fingerprint density at radius 3 is 1.05 bits per heavy atom. The highest BCUT2D eigenvalue weighted by atomic mass is 19.4. The highest BCUT2D eigenvalue weighted by Crippen LogP contribution is 2.53. The van der Waals surface area contributed by atoms with Crippen molar-refractivity contribution in [2.75, 3.05) is 0 Å². The highest BCUT2D eigenvalue weighted by molar-refractivity contribution is 6.25. The summed E-state index contributed by atoms with van der Waals surface area (Å²) in [5.74, 6) is 0. The molecule has 0 unspecified atom stereocenters. The number of hydrogen-bond donors (Lipinski definition) is 0. The van der Waals surface area contributed by atoms with Gasteiger partial charge in [-0.25, -0.2) is 0 Å². The van der Waals surface area contributed by atoms with Gasteiger partial charge in [0.15, 0.2) is 0 Å². The molecule has 382 valence electrons. The van der Waals surface area contributed by atoms with E-state index >= 15 is 0 Å². The van der Waals surface area contributed by atoms with E-state index in [0.717, 1.165) is 61.4 Å². The Kier molecular flexibility index (Phi) is 10.2. The molecule has 0 aliphatic carbocycles. The largest absolute Gasteiger partial charge is 0.416 e. The minimum absolute atomic E-state index is 0.233. The lowest BCUT2D eigenvalue weighted by Gasteiger charge is -2.29. The van der Waals surface area contributed by atoms with E-state index < -0.39 is 23.5 Å². The average molecular weight is 1050 g/mol. The molecule has 0 saturated heterocycles. The van der Waals surface area contributed by atoms with E-state index in [9.17, 15) is 31.6 Å². The number of alkyl halides is 6. The molecule has 11 heteroatoms. The van der Waals surface area contributed by atoms with Crippen molar-refractivity contribution in [3.05, 3.63) is 253 Å². The molecule has 15 aromatic rings. The molecule has 0 saturated carbocycles. The maximum absolute atomic E-state index is 15.0. The van der Waals surface area contributed by atoms with Crippen LogP contribution in [-0.2, 0) is 12.4 Å². The highest BCUT2D eigenvalue weighted by Gasteiger charge is 2.37. The number of benzene rings is 11. The van der Waals surface area contributed by atoms with Gasteiger partial charge in [-0.05, 0) is 83.9 Å². The van der Waals surface area contributed by atoms with Crippen LogP contribution in [0.15, 0.2) is 237 Å². The first kappa shape index (κ1) is 46.9. The standard InChI is InChI=1S/C69H39F6N5/c70-68(71,72)43-32-36-59-52(38-43)48-26-12-15-29-56(48)78(59)65-61(41-18-4-1-5-19-41)54(40-76)62(42-20-6-2-7-21-42)66(79-57-30-16-13-27-49(57)53-39-44(69(73,74)75)33-37-60(53)79)67(65)80-58-31-17-11-25-47(58)51-35-34-50-46-24-10-14-28-55(46)77(63(50)64(51)80)45-22-8-3-9-23-45/h1-39H. The number of rotatable bonds is 6. The Balaban J connectivity index is 1.31. The third-order valence-electron chi connectivity index (χ3n) is 15.8. The van der Waals surface area contributed by atoms with Crippen LogP contribution in [0, 0.1) is 11.3 Å². The Hall–Kier alpha value is -10.3. The fourth-order valence-electron chi connectivity index (χ4n) is 12.6. The number of nitriles is 1. The SMILES string of the molecule is N#Cc1c(-c2ccccc2)c(-n2c3ccccc3c3cc(C(F)(F)F)ccc32)c(-n2c3ccccc3c3ccc4c5ccccc5n(-c5ccccc5)c4c32)c(-n2c3ccccc3c3cc(C(F)(F)F)ccc32)c1-c1ccccc1. The summed E-state index contributed by atoms with van der Waals surface area (Å²) in [6.07, 6.45) is -9.35. The normalized spacial score (nSPS) is 12.4. The molecule has 15 rings (SSSR count). The summed E-state index contributed by atoms with van der Waals surface area (Å²) in [5.41, 5.74) is 8.44. The summed E-state index contributed by atoms with van der Waals surface area (Å²) >= 11 is 0. The lowest BCUT2D eigenvalue weighted by atomic mass is 9.87. The molecular weight excluding hydrogens is 1010 g/mol. The Morgan fingerprint density at radius 2 is 0.637 bits per heavy atom. The monoisotopic (exact) mass is 1050 g/mol. The van der Waals surface area contributed by atoms with Crippen LogP contribution in [-0.4, -0.2) is 18.3 Å². The number of nitrogens with zero attached hydrogens (tertiary/aromatic N) is 5. The molecule has 0 bridgehead atoms. The Morgan fingerprint density at radius 1 is 0.300 bits per heavy atom. The minimum atomic E-state index is -4.68. The van der Waals surface area contributed by atoms with Crippen molar-refractivity contribution in [2.45, 2.75) is 12.4 Å². The molecule has 0 N–H and O–H groups in total. The zero-order valence-corrected chi connectivity index (χ0v) is 42.0. The average Bonchev–Trinajstić information content (AvgIpc) is 4.31. The van der Waals surface area contributed by atoms with Crippen LogP contribution in [0.25, 0.3) is 132 Å². The van der Waals surface area contributed by atoms with Crippen molar-refractivity contribution >= 4 is 87.2 Å². The lowest BCUT2D eigenvalue weighted by Crippen LogP contribution is -2.15. The van der Waals surface area contributed by atoms with E-state index in [1.807, 2.05) is 149 Å². The van der Waals surface area contributed by atoms with Crippen LogP contribution in [0.2, 0.25) is 0 Å². The summed E-state index contributed by atoms with van der Waals surface area (Å²) in [7, 11) is 0. The number of halogens is 6. The Bertz CT molecular complexity index is 4900. The van der Waals surface area contributed by atoms with Crippen LogP contribution in [0.5, 0.6) is 0 Å². The van der Waals surface area contributed by atoms with Gasteiger partial charge in [-0.2, -0.15) is 31.6 Å². The van der Waals surface area contributed by atoms with Gasteiger partial charge < -0.3 is 18.3 Å². The van der Waals surface area contributed by atoms with Gasteiger partial charge in [0, 0.05) is 59.9 Å². The second kappa shape index (κ2) is 17.3. The predicted molar refractivity (Wildman–Crippen MR) is 309 cm³/mol. The maximum Gasteiger partial charge on any atom is 0.416 e. The molecule has 4 aromatic heterocycles. The zero-order chi connectivity index (χ0) is 54.2. The van der Waals surface area contributed by atoms with Gasteiger partial charge in [-0.15, -0.1) is 0 Å². The van der Waals surface area contributed by atoms with Crippen molar-refractivity contribution in [2.24, 2.45) is 0 Å². The zero-order valence-electron chi connectivity index (χ0n) is 42.0. The summed E-state index contributed by atoms with van der Waals surface area (Å²) in [6.45, 7) is 0. The van der Waals surface area contributed by atoms with E-state index in [0.29, 0.717) is 82.9 Å². The molecule has 0 atom stereocenters. The van der Waals surface area contributed by atoms with Gasteiger partial charge in [-0.3, -0.25) is 0 Å². The second-order valence-electron chi connectivity index (χ2n) is 20.1. The first-order chi connectivity index (χ1) is 39.0. The summed E-state index contributed by atoms with van der Waals surface area (Å²) in [6, 6.07) is 74.8. The quantitative estimate of drug-likeness (QED) is 0.153. The molecule has 0 spiro atoms. The smallest absolute Gasteiger partial charge is 0.307 e. The lowest BCUT2D eigenvalue weighted by molar-refractivity contribution is -0.138. The van der Waals surface area contributed by atoms with Crippen LogP contribution < -0.4 is 0 Å². The van der Waals surface area contributed by atoms with Crippen molar-refractivity contribution in [3.63, 3.8) is 0 Å². The summed E-state index contributed by atoms with van der Waals surface area (Å²) in [4.78, 5) is 0. The van der Waals surface area contributed by atoms with Crippen LogP contribution in [0.3, 0.4) is 0 Å². The van der Waals surface area contributed by atoms with Gasteiger partial charge in [-0.1, -0.05) is 164 Å². The van der Waals surface area contributed by atoms with Gasteiger partial charge >= 0.3 is 12.4 Å². The van der Waals surface area contributed by atoms with E-state index in [2.05, 4.69) is 63.7 Å². The molecule has 0 radical (unpaired) electrons. The molecule has 0 aliphatic heterocycles. The van der Waals surface area contributed by atoms with Crippen molar-refractivity contribution in [3.8, 4) is 51.1 Å². The molecule has 0 aliphatic rings. The number of fused-ring (bicyclic) bond motifs is 13. The molecule has 5 nitrogen and oxygen atoms in total. The first-order valence-corrected chi connectivity index (χ1v) is 26.0. The van der Waals surface area contributed by atoms with Gasteiger partial charge in [0.25, 0.3) is 0 Å². The second-order valence-corrected chi connectivity index (χ2v) is 20.1. The number of para-hydroxylation sites is 5.